The van der Waals surface area contributed by atoms with Crippen molar-refractivity contribution in [3.05, 3.63) is 33.3 Å². The highest BCUT2D eigenvalue weighted by atomic mass is 79.9. The zero-order valence-electron chi connectivity index (χ0n) is 10.6. The molecule has 1 atom stereocenters. The van der Waals surface area contributed by atoms with Crippen molar-refractivity contribution in [2.45, 2.75) is 13.8 Å². The van der Waals surface area contributed by atoms with E-state index < -0.39 is 11.9 Å². The molecule has 0 aliphatic rings. The molecule has 0 fully saturated rings. The Kier molecular flexibility index (Phi) is 5.82. The van der Waals surface area contributed by atoms with E-state index in [1.807, 2.05) is 0 Å². The van der Waals surface area contributed by atoms with Crippen LogP contribution in [0, 0.1) is 11.8 Å². The summed E-state index contributed by atoms with van der Waals surface area (Å²) in [7, 11) is 0. The zero-order valence-corrected chi connectivity index (χ0v) is 13.0. The van der Waals surface area contributed by atoms with Crippen molar-refractivity contribution in [3.63, 3.8) is 0 Å². The van der Waals surface area contributed by atoms with Crippen LogP contribution in [0.4, 0.5) is 0 Å². The van der Waals surface area contributed by atoms with Crippen LogP contribution in [0.2, 0.25) is 5.02 Å². The molecule has 0 aromatic heterocycles. The summed E-state index contributed by atoms with van der Waals surface area (Å²) in [5.41, 5.74) is 0.389. The lowest BCUT2D eigenvalue weighted by molar-refractivity contribution is -0.142. The summed E-state index contributed by atoms with van der Waals surface area (Å²) in [6, 6.07) is 4.87. The van der Waals surface area contributed by atoms with E-state index in [4.69, 9.17) is 16.7 Å². The fourth-order valence-electron chi connectivity index (χ4n) is 1.58. The molecule has 0 aliphatic carbocycles. The summed E-state index contributed by atoms with van der Waals surface area (Å²) in [5, 5.41) is 12.1. The molecule has 4 nitrogen and oxygen atoms in total. The maximum Gasteiger partial charge on any atom is 0.308 e. The van der Waals surface area contributed by atoms with Crippen LogP contribution >= 0.6 is 27.5 Å². The minimum atomic E-state index is -0.916. The van der Waals surface area contributed by atoms with Crippen LogP contribution in [-0.2, 0) is 4.79 Å². The Morgan fingerprint density at radius 1 is 1.42 bits per heavy atom. The highest BCUT2D eigenvalue weighted by Gasteiger charge is 2.22. The molecule has 1 aromatic carbocycles. The molecule has 1 aromatic rings. The summed E-state index contributed by atoms with van der Waals surface area (Å²) < 4.78 is 0.617. The third kappa shape index (κ3) is 4.51. The van der Waals surface area contributed by atoms with Gasteiger partial charge in [-0.05, 0) is 40.0 Å². The number of carboxylic acids is 1. The van der Waals surface area contributed by atoms with Gasteiger partial charge in [0.05, 0.1) is 11.5 Å². The zero-order chi connectivity index (χ0) is 14.6. The molecule has 1 unspecified atom stereocenters. The predicted molar refractivity (Wildman–Crippen MR) is 77.4 cm³/mol. The normalized spacial score (nSPS) is 12.3. The van der Waals surface area contributed by atoms with Crippen LogP contribution in [0.25, 0.3) is 0 Å². The van der Waals surface area contributed by atoms with Gasteiger partial charge < -0.3 is 10.4 Å². The summed E-state index contributed by atoms with van der Waals surface area (Å²) in [5.74, 6) is -1.93. The number of carbonyl (C=O) groups excluding carboxylic acids is 1. The Morgan fingerprint density at radius 3 is 2.58 bits per heavy atom. The van der Waals surface area contributed by atoms with E-state index in [-0.39, 0.29) is 18.4 Å². The molecule has 2 N–H and O–H groups in total. The number of carboxylic acid groups (broad SMARTS) is 1. The molecule has 0 aliphatic heterocycles. The van der Waals surface area contributed by atoms with Gasteiger partial charge >= 0.3 is 5.97 Å². The van der Waals surface area contributed by atoms with Gasteiger partial charge in [0.15, 0.2) is 0 Å². The Labute approximate surface area is 125 Å². The topological polar surface area (TPSA) is 66.4 Å². The molecule has 19 heavy (non-hydrogen) atoms. The van der Waals surface area contributed by atoms with Crippen LogP contribution in [-0.4, -0.2) is 23.5 Å². The first-order valence-electron chi connectivity index (χ1n) is 5.79. The third-order valence-corrected chi connectivity index (χ3v) is 3.70. The van der Waals surface area contributed by atoms with Gasteiger partial charge in [-0.3, -0.25) is 9.59 Å². The first-order valence-corrected chi connectivity index (χ1v) is 6.96. The average Bonchev–Trinajstić information content (AvgIpc) is 2.31. The highest BCUT2D eigenvalue weighted by Crippen LogP contribution is 2.21. The largest absolute Gasteiger partial charge is 0.481 e. The fourth-order valence-corrected chi connectivity index (χ4v) is 2.18. The minimum absolute atomic E-state index is 0.0550. The molecule has 0 spiro atoms. The maximum atomic E-state index is 12.0. The SMILES string of the molecule is CC(C)C(CNC(=O)c1cc(Cl)ccc1Br)C(=O)O. The van der Waals surface area contributed by atoms with Crippen molar-refractivity contribution in [1.29, 1.82) is 0 Å². The molecule has 1 rings (SSSR count). The molecule has 104 valence electrons. The minimum Gasteiger partial charge on any atom is -0.481 e. The van der Waals surface area contributed by atoms with Gasteiger partial charge in [-0.1, -0.05) is 25.4 Å². The second kappa shape index (κ2) is 6.91. The van der Waals surface area contributed by atoms with E-state index in [1.165, 1.54) is 6.07 Å². The van der Waals surface area contributed by atoms with Crippen molar-refractivity contribution in [1.82, 2.24) is 5.32 Å². The van der Waals surface area contributed by atoms with E-state index in [1.54, 1.807) is 26.0 Å². The standard InChI is InChI=1S/C13H15BrClNO3/c1-7(2)10(13(18)19)6-16-12(17)9-5-8(15)3-4-11(9)14/h3-5,7,10H,6H2,1-2H3,(H,16,17)(H,18,19). The fraction of sp³-hybridized carbons (Fsp3) is 0.385. The number of carbonyl (C=O) groups is 2. The van der Waals surface area contributed by atoms with E-state index in [0.29, 0.717) is 15.1 Å². The van der Waals surface area contributed by atoms with Crippen molar-refractivity contribution in [2.24, 2.45) is 11.8 Å². The number of amides is 1. The second-order valence-electron chi connectivity index (χ2n) is 4.52. The smallest absolute Gasteiger partial charge is 0.308 e. The van der Waals surface area contributed by atoms with Gasteiger partial charge in [-0.15, -0.1) is 0 Å². The average molecular weight is 349 g/mol. The second-order valence-corrected chi connectivity index (χ2v) is 5.81. The van der Waals surface area contributed by atoms with Crippen molar-refractivity contribution < 1.29 is 14.7 Å². The first-order chi connectivity index (χ1) is 8.82. The lowest BCUT2D eigenvalue weighted by Gasteiger charge is -2.17. The Morgan fingerprint density at radius 2 is 2.05 bits per heavy atom. The molecular formula is C13H15BrClNO3. The number of aliphatic carboxylic acids is 1. The number of hydrogen-bond acceptors (Lipinski definition) is 2. The van der Waals surface area contributed by atoms with Gasteiger partial charge in [-0.2, -0.15) is 0 Å². The molecule has 1 amide bonds. The summed E-state index contributed by atoms with van der Waals surface area (Å²) >= 11 is 9.09. The van der Waals surface area contributed by atoms with Gasteiger partial charge in [0.2, 0.25) is 0 Å². The Balaban J connectivity index is 2.75. The van der Waals surface area contributed by atoms with Crippen molar-refractivity contribution in [2.75, 3.05) is 6.54 Å². The molecule has 6 heteroatoms. The molecule has 0 radical (unpaired) electrons. The lowest BCUT2D eigenvalue weighted by atomic mass is 9.96. The predicted octanol–water partition coefficient (Wildman–Crippen LogP) is 3.19. The van der Waals surface area contributed by atoms with Crippen LogP contribution in [0.3, 0.4) is 0 Å². The van der Waals surface area contributed by atoms with E-state index in [0.717, 1.165) is 0 Å². The number of nitrogens with one attached hydrogen (secondary N) is 1. The van der Waals surface area contributed by atoms with Crippen LogP contribution in [0.15, 0.2) is 22.7 Å². The van der Waals surface area contributed by atoms with Gasteiger partial charge in [0.1, 0.15) is 0 Å². The summed E-state index contributed by atoms with van der Waals surface area (Å²) in [4.78, 5) is 23.0. The van der Waals surface area contributed by atoms with Gasteiger partial charge in [0.25, 0.3) is 5.91 Å². The van der Waals surface area contributed by atoms with Crippen LogP contribution < -0.4 is 5.32 Å². The quantitative estimate of drug-likeness (QED) is 0.859. The highest BCUT2D eigenvalue weighted by molar-refractivity contribution is 9.10. The van der Waals surface area contributed by atoms with E-state index >= 15 is 0 Å². The van der Waals surface area contributed by atoms with Gasteiger partial charge in [0, 0.05) is 16.0 Å². The number of benzene rings is 1. The third-order valence-electron chi connectivity index (χ3n) is 2.78. The van der Waals surface area contributed by atoms with E-state index in [2.05, 4.69) is 21.2 Å². The van der Waals surface area contributed by atoms with Crippen LogP contribution in [0.1, 0.15) is 24.2 Å². The molecule has 0 saturated carbocycles. The molecule has 0 bridgehead atoms. The Hall–Kier alpha value is -1.07. The van der Waals surface area contributed by atoms with Crippen molar-refractivity contribution in [3.8, 4) is 0 Å². The van der Waals surface area contributed by atoms with Crippen LogP contribution in [0.5, 0.6) is 0 Å². The monoisotopic (exact) mass is 347 g/mol. The van der Waals surface area contributed by atoms with Crippen molar-refractivity contribution >= 4 is 39.4 Å². The van der Waals surface area contributed by atoms with E-state index in [9.17, 15) is 9.59 Å². The number of hydrogen-bond donors (Lipinski definition) is 2. The molecule has 0 heterocycles. The number of halogens is 2. The Bertz CT molecular complexity index is 491. The number of rotatable bonds is 5. The molecular weight excluding hydrogens is 334 g/mol. The summed E-state index contributed by atoms with van der Waals surface area (Å²) in [6.45, 7) is 3.70. The lowest BCUT2D eigenvalue weighted by Crippen LogP contribution is -2.35. The maximum absolute atomic E-state index is 12.0. The summed E-state index contributed by atoms with van der Waals surface area (Å²) in [6.07, 6.45) is 0. The first kappa shape index (κ1) is 16.0. The molecule has 0 saturated heterocycles. The van der Waals surface area contributed by atoms with Gasteiger partial charge in [-0.25, -0.2) is 0 Å².